The van der Waals surface area contributed by atoms with E-state index >= 15 is 0 Å². The van der Waals surface area contributed by atoms with Gasteiger partial charge >= 0.3 is 0 Å². The first-order valence-corrected chi connectivity index (χ1v) is 32.5. The maximum Gasteiger partial charge on any atom is 0.295 e. The van der Waals surface area contributed by atoms with Crippen LogP contribution < -0.4 is 81.0 Å². The van der Waals surface area contributed by atoms with Gasteiger partial charge in [-0.3, -0.25) is 57.7 Å². The molecule has 0 aromatic heterocycles. The number of benzene rings is 4. The average molecular weight is 1370 g/mol. The van der Waals surface area contributed by atoms with Crippen molar-refractivity contribution in [3.8, 4) is 0 Å². The van der Waals surface area contributed by atoms with E-state index in [2.05, 4.69) is 73.4 Å². The maximum atomic E-state index is 14.1. The second kappa shape index (κ2) is 39.1. The lowest BCUT2D eigenvalue weighted by molar-refractivity contribution is -0.137. The highest BCUT2D eigenvalue weighted by Gasteiger charge is 2.35. The summed E-state index contributed by atoms with van der Waals surface area (Å²) in [6.45, 7) is 4.95. The third kappa shape index (κ3) is 26.2. The Morgan fingerprint density at radius 3 is 1.43 bits per heavy atom. The molecular weight excluding hydrogens is 1280 g/mol. The molecule has 9 amide bonds. The molecule has 97 heavy (non-hydrogen) atoms. The molecule has 0 spiro atoms. The van der Waals surface area contributed by atoms with Gasteiger partial charge in [-0.1, -0.05) is 52.0 Å². The number of anilines is 2. The van der Waals surface area contributed by atoms with Gasteiger partial charge in [0.05, 0.1) is 31.2 Å². The van der Waals surface area contributed by atoms with Gasteiger partial charge < -0.3 is 96.3 Å². The van der Waals surface area contributed by atoms with Crippen molar-refractivity contribution in [2.75, 3.05) is 70.3 Å². The monoisotopic (exact) mass is 1370 g/mol. The fourth-order valence-corrected chi connectivity index (χ4v) is 10.1. The predicted molar refractivity (Wildman–Crippen MR) is 362 cm³/mol. The Morgan fingerprint density at radius 1 is 0.505 bits per heavy atom. The number of hydrogen-bond donors (Lipinski definition) is 18. The number of carbonyl (C=O) groups excluding carboxylic acids is 9. The van der Waals surface area contributed by atoms with Crippen molar-refractivity contribution in [3.05, 3.63) is 90.5 Å². The first kappa shape index (κ1) is 79.3. The summed E-state index contributed by atoms with van der Waals surface area (Å²) in [6, 6.07) is 10.6. The summed E-state index contributed by atoms with van der Waals surface area (Å²) in [5.74, 6) is -9.60. The zero-order chi connectivity index (χ0) is 72.1. The average Bonchev–Trinajstić information content (AvgIpc) is 0.805. The van der Waals surface area contributed by atoms with Gasteiger partial charge in [-0.05, 0) is 112 Å². The van der Waals surface area contributed by atoms with Gasteiger partial charge in [-0.15, -0.1) is 0 Å². The van der Waals surface area contributed by atoms with Crippen LogP contribution in [-0.2, 0) is 48.5 Å². The summed E-state index contributed by atoms with van der Waals surface area (Å²) in [7, 11) is -0.711. The summed E-state index contributed by atoms with van der Waals surface area (Å²) >= 11 is 0. The summed E-state index contributed by atoms with van der Waals surface area (Å²) < 4.78 is 33.7. The smallest absolute Gasteiger partial charge is 0.295 e. The first-order chi connectivity index (χ1) is 45.9. The number of nitrogens with zero attached hydrogens (tertiary/aromatic N) is 5. The third-order valence-electron chi connectivity index (χ3n) is 14.6. The third-order valence-corrected chi connectivity index (χ3v) is 15.5. The number of hydrogen-bond acceptors (Lipinski definition) is 20. The Balaban J connectivity index is 1.39. The lowest BCUT2D eigenvalue weighted by Gasteiger charge is -2.28. The molecule has 0 unspecified atom stereocenters. The van der Waals surface area contributed by atoms with Crippen LogP contribution in [0.3, 0.4) is 0 Å². The fraction of sp³-hybridized carbons (Fsp3) is 0.468. The van der Waals surface area contributed by atoms with Gasteiger partial charge in [0.1, 0.15) is 53.2 Å². The molecular formula is C62H91N19O15S. The van der Waals surface area contributed by atoms with Crippen LogP contribution in [0.2, 0.25) is 0 Å². The molecule has 0 saturated heterocycles. The van der Waals surface area contributed by atoms with E-state index in [1.165, 1.54) is 37.3 Å². The molecule has 0 heterocycles. The number of nitrogens with one attached hydrogen (secondary N) is 10. The number of amides is 9. The number of guanidine groups is 2. The molecule has 35 heteroatoms. The summed E-state index contributed by atoms with van der Waals surface area (Å²) in [5, 5.41) is 65.4. The zero-order valence-electron chi connectivity index (χ0n) is 55.1. The van der Waals surface area contributed by atoms with Crippen LogP contribution in [0.15, 0.2) is 110 Å². The highest BCUT2D eigenvalue weighted by molar-refractivity contribution is 7.86. The lowest BCUT2D eigenvalue weighted by Crippen LogP contribution is -2.62. The summed E-state index contributed by atoms with van der Waals surface area (Å²) in [5.41, 5.74) is 24.6. The summed E-state index contributed by atoms with van der Waals surface area (Å²) in [4.78, 5) is 133. The number of azo groups is 1. The Labute approximate surface area is 561 Å². The molecule has 0 bridgehead atoms. The van der Waals surface area contributed by atoms with Crippen molar-refractivity contribution in [2.45, 2.75) is 120 Å². The number of aliphatic imine (C=N–C) groups is 2. The van der Waals surface area contributed by atoms with Gasteiger partial charge in [-0.25, -0.2) is 0 Å². The van der Waals surface area contributed by atoms with Gasteiger partial charge in [0, 0.05) is 68.0 Å². The van der Waals surface area contributed by atoms with Gasteiger partial charge in [0.25, 0.3) is 16.0 Å². The van der Waals surface area contributed by atoms with E-state index in [0.29, 0.717) is 22.4 Å². The van der Waals surface area contributed by atoms with E-state index < -0.39 is 137 Å². The van der Waals surface area contributed by atoms with Crippen LogP contribution in [0.25, 0.3) is 10.8 Å². The molecule has 4 aromatic rings. The molecule has 0 fully saturated rings. The Hall–Kier alpha value is -10.1. The normalized spacial score (nSPS) is 13.8. The standard InChI is InChI=1S/C62H91N19O15S/c1-34(2)30-46(74-53(86)37-18-20-38(21-19-37)79-80-39-22-24-40(25-23-39)81(6)7)56(89)71-36(5)52(85)78-51(35(3)4)60(93)73-45(16-11-27-70-62(65)66)55(88)75-48(32-83)58(91)77-49(33-84)59(92)76-47(31-82)57(90)72-44(15-10-26-69-61(63)64)54(87)68-29-28-67-43-14-8-13-42-41(43)12-9-17-50(42)97(94,95)96/h8-9,12-14,17-25,34-36,44-49,51,67,82-84H,10-11,15-16,26-33H2,1-7H3,(H,68,87)(H,71,89)(H,72,90)(H,73,93)(H,74,86)(H,75,88)(H,76,92)(H,77,91)(H,78,85)(H4,63,64,69)(H4,65,66,70)(H,94,95,96)/t36-,44-,45-,46-,47-,48-,49-,51-/m0/s1. The number of aliphatic hydroxyl groups is 3. The van der Waals surface area contributed by atoms with E-state index in [4.69, 9.17) is 22.9 Å². The minimum atomic E-state index is -4.55. The van der Waals surface area contributed by atoms with Crippen LogP contribution in [-0.4, -0.2) is 202 Å². The number of rotatable bonds is 39. The number of carbonyl (C=O) groups is 9. The Bertz CT molecular complexity index is 3550. The molecule has 0 saturated carbocycles. The largest absolute Gasteiger partial charge is 0.394 e. The van der Waals surface area contributed by atoms with E-state index in [-0.39, 0.29) is 92.0 Å². The van der Waals surface area contributed by atoms with E-state index in [0.717, 1.165) is 5.69 Å². The first-order valence-electron chi connectivity index (χ1n) is 31.0. The van der Waals surface area contributed by atoms with Crippen molar-refractivity contribution in [1.29, 1.82) is 0 Å². The molecule has 4 aromatic carbocycles. The predicted octanol–water partition coefficient (Wildman–Crippen LogP) is -1.91. The number of aliphatic hydroxyl groups excluding tert-OH is 3. The maximum absolute atomic E-state index is 14.1. The van der Waals surface area contributed by atoms with Gasteiger partial charge in [0.15, 0.2) is 11.9 Å². The minimum Gasteiger partial charge on any atom is -0.394 e. The fourth-order valence-electron chi connectivity index (χ4n) is 9.39. The van der Waals surface area contributed by atoms with E-state index in [9.17, 15) is 71.4 Å². The summed E-state index contributed by atoms with van der Waals surface area (Å²) in [6.07, 6.45) is 0.126. The Morgan fingerprint density at radius 2 is 0.959 bits per heavy atom. The SMILES string of the molecule is CC(C)C[C@H](NC(=O)c1ccc(N=Nc2ccc(N(C)C)cc2)cc1)C(=O)N[C@@H](C)C(=O)N[C@H](C(=O)N[C@@H](CCCN=C(N)N)C(=O)N[C@@H](CO)C(=O)N[C@@H](CO)C(=O)N[C@@H](CO)C(=O)N[C@@H](CCCN=C(N)N)C(=O)NCCNc1cccc2c(S(=O)(=O)O)cccc12)C(C)C. The molecule has 34 nitrogen and oxygen atoms in total. The van der Waals surface area contributed by atoms with Crippen molar-refractivity contribution < 1.29 is 71.4 Å². The van der Waals surface area contributed by atoms with Crippen LogP contribution in [0, 0.1) is 11.8 Å². The van der Waals surface area contributed by atoms with Crippen molar-refractivity contribution in [2.24, 2.45) is 55.0 Å². The van der Waals surface area contributed by atoms with Crippen LogP contribution >= 0.6 is 0 Å². The quantitative estimate of drug-likeness (QED) is 0.00762. The number of nitrogens with two attached hydrogens (primary N) is 4. The van der Waals surface area contributed by atoms with Crippen molar-refractivity contribution >= 4 is 109 Å². The highest BCUT2D eigenvalue weighted by Crippen LogP contribution is 2.29. The highest BCUT2D eigenvalue weighted by atomic mass is 32.2. The molecule has 530 valence electrons. The van der Waals surface area contributed by atoms with Crippen LogP contribution in [0.1, 0.15) is 77.1 Å². The minimum absolute atomic E-state index is 0.0365. The van der Waals surface area contributed by atoms with Crippen LogP contribution in [0.4, 0.5) is 22.7 Å². The molecule has 0 aliphatic carbocycles. The van der Waals surface area contributed by atoms with Gasteiger partial charge in [-0.2, -0.15) is 18.6 Å². The number of fused-ring (bicyclic) bond motifs is 1. The molecule has 4 rings (SSSR count). The van der Waals surface area contributed by atoms with E-state index in [1.54, 1.807) is 44.2 Å². The second-order valence-electron chi connectivity index (χ2n) is 23.4. The zero-order valence-corrected chi connectivity index (χ0v) is 55.9. The molecule has 0 aliphatic heterocycles. The lowest BCUT2D eigenvalue weighted by atomic mass is 10.0. The second-order valence-corrected chi connectivity index (χ2v) is 24.8. The molecule has 22 N–H and O–H groups in total. The van der Waals surface area contributed by atoms with Crippen LogP contribution in [0.5, 0.6) is 0 Å². The van der Waals surface area contributed by atoms with Crippen molar-refractivity contribution in [1.82, 2.24) is 47.9 Å². The molecule has 0 radical (unpaired) electrons. The van der Waals surface area contributed by atoms with Crippen molar-refractivity contribution in [3.63, 3.8) is 0 Å². The van der Waals surface area contributed by atoms with Gasteiger partial charge in [0.2, 0.25) is 47.3 Å². The topological polar surface area (TPSA) is 546 Å². The molecule has 8 atom stereocenters. The van der Waals surface area contributed by atoms with E-state index in [1.807, 2.05) is 57.1 Å². The molecule has 0 aliphatic rings. The Kier molecular flexibility index (Phi) is 32.0.